The third-order valence-electron chi connectivity index (χ3n) is 1.66. The van der Waals surface area contributed by atoms with Crippen LogP contribution in [0.25, 0.3) is 0 Å². The second kappa shape index (κ2) is 12.0. The van der Waals surface area contributed by atoms with E-state index in [2.05, 4.69) is 24.0 Å². The molecule has 0 unspecified atom stereocenters. The summed E-state index contributed by atoms with van der Waals surface area (Å²) in [4.78, 5) is 0. The molecule has 0 radical (unpaired) electrons. The zero-order valence-corrected chi connectivity index (χ0v) is 10.4. The Kier molecular flexibility index (Phi) is 13.3. The molecule has 1 rings (SSSR count). The van der Waals surface area contributed by atoms with E-state index in [1.165, 1.54) is 11.3 Å². The molecule has 0 amide bonds. The Hall–Kier alpha value is -0.980. The van der Waals surface area contributed by atoms with Crippen LogP contribution in [0.3, 0.4) is 0 Å². The van der Waals surface area contributed by atoms with Gasteiger partial charge in [-0.25, -0.2) is 0 Å². The summed E-state index contributed by atoms with van der Waals surface area (Å²) in [6.07, 6.45) is 7.13. The molecule has 1 N–H and O–H groups in total. The first-order chi connectivity index (χ1) is 6.88. The monoisotopic (exact) mass is 195 g/mol. The molecule has 1 fully saturated rings. The van der Waals surface area contributed by atoms with Crippen LogP contribution in [-0.4, -0.2) is 6.54 Å². The standard InChI is InChI=1S/C9H13N.2C2H6/c1-3-5-8-6-7-10-9(8)4-2;2*1-2/h3-5,10H,1,6-7H2,2H3;2*1-2H3/b8-5-,9-4+;;. The number of allylic oxidation sites excluding steroid dienone is 4. The summed E-state index contributed by atoms with van der Waals surface area (Å²) in [5, 5.41) is 3.29. The van der Waals surface area contributed by atoms with Crippen LogP contribution < -0.4 is 5.32 Å². The summed E-state index contributed by atoms with van der Waals surface area (Å²) in [5.41, 5.74) is 2.64. The van der Waals surface area contributed by atoms with Gasteiger partial charge in [-0.05, 0) is 18.9 Å². The van der Waals surface area contributed by atoms with E-state index < -0.39 is 0 Å². The molecule has 1 heterocycles. The lowest BCUT2D eigenvalue weighted by molar-refractivity contribution is 0.913. The lowest BCUT2D eigenvalue weighted by Gasteiger charge is -1.96. The molecule has 0 aromatic rings. The van der Waals surface area contributed by atoms with Crippen LogP contribution in [0.4, 0.5) is 0 Å². The maximum atomic E-state index is 3.66. The van der Waals surface area contributed by atoms with Crippen LogP contribution in [0.5, 0.6) is 0 Å². The van der Waals surface area contributed by atoms with Crippen LogP contribution in [-0.2, 0) is 0 Å². The Balaban J connectivity index is 0. The van der Waals surface area contributed by atoms with Crippen molar-refractivity contribution < 1.29 is 0 Å². The zero-order valence-electron chi connectivity index (χ0n) is 10.4. The summed E-state index contributed by atoms with van der Waals surface area (Å²) >= 11 is 0. The molecule has 1 nitrogen and oxygen atoms in total. The van der Waals surface area contributed by atoms with Crippen LogP contribution in [0.2, 0.25) is 0 Å². The molecule has 14 heavy (non-hydrogen) atoms. The summed E-state index contributed by atoms with van der Waals surface area (Å²) < 4.78 is 0. The van der Waals surface area contributed by atoms with Crippen molar-refractivity contribution in [3.8, 4) is 0 Å². The number of hydrogen-bond acceptors (Lipinski definition) is 1. The largest absolute Gasteiger partial charge is 0.385 e. The van der Waals surface area contributed by atoms with E-state index in [0.29, 0.717) is 0 Å². The van der Waals surface area contributed by atoms with Crippen LogP contribution in [0.1, 0.15) is 41.0 Å². The van der Waals surface area contributed by atoms with Crippen molar-refractivity contribution in [1.82, 2.24) is 5.32 Å². The predicted molar refractivity (Wildman–Crippen MR) is 67.4 cm³/mol. The molecule has 1 aliphatic rings. The zero-order chi connectivity index (χ0) is 11.4. The molecule has 82 valence electrons. The average Bonchev–Trinajstić information content (AvgIpc) is 2.72. The minimum Gasteiger partial charge on any atom is -0.385 e. The van der Waals surface area contributed by atoms with Crippen molar-refractivity contribution in [3.05, 3.63) is 36.1 Å². The van der Waals surface area contributed by atoms with E-state index in [9.17, 15) is 0 Å². The second-order valence-corrected chi connectivity index (χ2v) is 2.31. The van der Waals surface area contributed by atoms with Crippen LogP contribution in [0, 0.1) is 0 Å². The molecule has 1 saturated heterocycles. The summed E-state index contributed by atoms with van der Waals surface area (Å²) in [6.45, 7) is 14.8. The highest BCUT2D eigenvalue weighted by Crippen LogP contribution is 2.16. The molecular weight excluding hydrogens is 170 g/mol. The maximum absolute atomic E-state index is 3.66. The Bertz CT molecular complexity index is 187. The molecule has 1 heteroatoms. The molecule has 1 aliphatic heterocycles. The van der Waals surface area contributed by atoms with Crippen molar-refractivity contribution in [2.45, 2.75) is 41.0 Å². The van der Waals surface area contributed by atoms with E-state index >= 15 is 0 Å². The molecule has 0 saturated carbocycles. The van der Waals surface area contributed by atoms with Crippen molar-refractivity contribution in [3.63, 3.8) is 0 Å². The Morgan fingerprint density at radius 2 is 1.79 bits per heavy atom. The Labute approximate surface area is 89.6 Å². The smallest absolute Gasteiger partial charge is 0.0330 e. The fraction of sp³-hybridized carbons (Fsp3) is 0.538. The fourth-order valence-corrected chi connectivity index (χ4v) is 1.18. The third kappa shape index (κ3) is 5.63. The Morgan fingerprint density at radius 1 is 1.21 bits per heavy atom. The molecule has 0 atom stereocenters. The van der Waals surface area contributed by atoms with E-state index in [1.807, 2.05) is 40.7 Å². The quantitative estimate of drug-likeness (QED) is 0.665. The van der Waals surface area contributed by atoms with Crippen molar-refractivity contribution in [2.75, 3.05) is 6.54 Å². The Morgan fingerprint density at radius 3 is 2.21 bits per heavy atom. The van der Waals surface area contributed by atoms with E-state index in [4.69, 9.17) is 0 Å². The first-order valence-corrected chi connectivity index (χ1v) is 5.60. The lowest BCUT2D eigenvalue weighted by atomic mass is 10.1. The van der Waals surface area contributed by atoms with Gasteiger partial charge in [0.2, 0.25) is 0 Å². The highest BCUT2D eigenvalue weighted by atomic mass is 14.9. The summed E-state index contributed by atoms with van der Waals surface area (Å²) in [7, 11) is 0. The average molecular weight is 195 g/mol. The van der Waals surface area contributed by atoms with E-state index in [0.717, 1.165) is 13.0 Å². The minimum atomic E-state index is 1.07. The van der Waals surface area contributed by atoms with Gasteiger partial charge in [0.05, 0.1) is 0 Å². The summed E-state index contributed by atoms with van der Waals surface area (Å²) in [5.74, 6) is 0. The van der Waals surface area contributed by atoms with Crippen molar-refractivity contribution in [2.24, 2.45) is 0 Å². The summed E-state index contributed by atoms with van der Waals surface area (Å²) in [6, 6.07) is 0. The lowest BCUT2D eigenvalue weighted by Crippen LogP contribution is -2.02. The highest BCUT2D eigenvalue weighted by Gasteiger charge is 2.09. The second-order valence-electron chi connectivity index (χ2n) is 2.31. The fourth-order valence-electron chi connectivity index (χ4n) is 1.18. The topological polar surface area (TPSA) is 12.0 Å². The number of hydrogen-bond donors (Lipinski definition) is 1. The van der Waals surface area contributed by atoms with Gasteiger partial charge in [0.15, 0.2) is 0 Å². The normalized spacial score (nSPS) is 18.9. The maximum Gasteiger partial charge on any atom is 0.0330 e. The van der Waals surface area contributed by atoms with Gasteiger partial charge < -0.3 is 5.32 Å². The molecule has 0 aliphatic carbocycles. The van der Waals surface area contributed by atoms with Crippen LogP contribution >= 0.6 is 0 Å². The number of nitrogens with one attached hydrogen (secondary N) is 1. The molecule has 0 spiro atoms. The third-order valence-corrected chi connectivity index (χ3v) is 1.66. The van der Waals surface area contributed by atoms with Crippen molar-refractivity contribution in [1.29, 1.82) is 0 Å². The van der Waals surface area contributed by atoms with Gasteiger partial charge in [0.1, 0.15) is 0 Å². The first kappa shape index (κ1) is 15.5. The SMILES string of the molecule is C=C/C=C1/CCN/C1=C/C.CC.CC. The van der Waals surface area contributed by atoms with Gasteiger partial charge in [-0.3, -0.25) is 0 Å². The molecule has 0 aromatic heterocycles. The van der Waals surface area contributed by atoms with Gasteiger partial charge in [-0.15, -0.1) is 0 Å². The van der Waals surface area contributed by atoms with Gasteiger partial charge in [0, 0.05) is 12.2 Å². The number of rotatable bonds is 1. The van der Waals surface area contributed by atoms with Gasteiger partial charge in [-0.1, -0.05) is 52.5 Å². The predicted octanol–water partition coefficient (Wildman–Crippen LogP) is 4.05. The van der Waals surface area contributed by atoms with E-state index in [1.54, 1.807) is 0 Å². The molecule has 0 aromatic carbocycles. The molecule has 0 bridgehead atoms. The minimum absolute atomic E-state index is 1.07. The molecular formula is C13H25N. The van der Waals surface area contributed by atoms with Gasteiger partial charge in [0.25, 0.3) is 0 Å². The van der Waals surface area contributed by atoms with Gasteiger partial charge >= 0.3 is 0 Å². The van der Waals surface area contributed by atoms with Crippen molar-refractivity contribution >= 4 is 0 Å². The van der Waals surface area contributed by atoms with E-state index in [-0.39, 0.29) is 0 Å². The van der Waals surface area contributed by atoms with Gasteiger partial charge in [-0.2, -0.15) is 0 Å². The highest BCUT2D eigenvalue weighted by molar-refractivity contribution is 5.35. The first-order valence-electron chi connectivity index (χ1n) is 5.60. The van der Waals surface area contributed by atoms with Crippen LogP contribution in [0.15, 0.2) is 36.1 Å².